The summed E-state index contributed by atoms with van der Waals surface area (Å²) in [5.41, 5.74) is 1.24. The monoisotopic (exact) mass is 277 g/mol. The molecule has 0 radical (unpaired) electrons. The number of nitrogens with one attached hydrogen (secondary N) is 1. The molecule has 0 aliphatic carbocycles. The van der Waals surface area contributed by atoms with Crippen molar-refractivity contribution in [3.63, 3.8) is 0 Å². The van der Waals surface area contributed by atoms with Gasteiger partial charge in [0.15, 0.2) is 0 Å². The second-order valence-electron chi connectivity index (χ2n) is 3.73. The number of carbonyl (C=O) groups excluding carboxylic acids is 1. The minimum absolute atomic E-state index is 0.187. The van der Waals surface area contributed by atoms with Gasteiger partial charge in [0.1, 0.15) is 5.15 Å². The smallest absolute Gasteiger partial charge is 0.254 e. The van der Waals surface area contributed by atoms with Gasteiger partial charge in [-0.3, -0.25) is 4.79 Å². The first kappa shape index (κ1) is 13.3. The average Bonchev–Trinajstić information content (AvgIpc) is 2.45. The van der Waals surface area contributed by atoms with Gasteiger partial charge in [-0.2, -0.15) is 0 Å². The van der Waals surface area contributed by atoms with Crippen LogP contribution in [0.1, 0.15) is 15.9 Å². The molecule has 5 nitrogen and oxygen atoms in total. The molecule has 0 atom stereocenters. The molecule has 0 spiro atoms. The van der Waals surface area contributed by atoms with Crippen molar-refractivity contribution >= 4 is 17.5 Å². The number of hydrogen-bond donors (Lipinski definition) is 1. The largest absolute Gasteiger partial charge is 0.481 e. The van der Waals surface area contributed by atoms with Gasteiger partial charge in [-0.05, 0) is 23.8 Å². The average molecular weight is 278 g/mol. The number of pyridine rings is 2. The first-order valence-corrected chi connectivity index (χ1v) is 5.96. The van der Waals surface area contributed by atoms with Crippen LogP contribution in [-0.4, -0.2) is 23.0 Å². The molecule has 19 heavy (non-hydrogen) atoms. The summed E-state index contributed by atoms with van der Waals surface area (Å²) in [5, 5.41) is 2.95. The van der Waals surface area contributed by atoms with Crippen molar-refractivity contribution < 1.29 is 9.53 Å². The maximum atomic E-state index is 11.9. The lowest BCUT2D eigenvalue weighted by atomic mass is 10.2. The molecule has 1 N–H and O–H groups in total. The Morgan fingerprint density at radius 1 is 1.37 bits per heavy atom. The summed E-state index contributed by atoms with van der Waals surface area (Å²) in [4.78, 5) is 19.8. The van der Waals surface area contributed by atoms with Crippen LogP contribution in [-0.2, 0) is 6.54 Å². The quantitative estimate of drug-likeness (QED) is 0.869. The van der Waals surface area contributed by atoms with E-state index in [2.05, 4.69) is 15.3 Å². The predicted octanol–water partition coefficient (Wildman–Crippen LogP) is 2.07. The third-order valence-electron chi connectivity index (χ3n) is 2.47. The highest BCUT2D eigenvalue weighted by atomic mass is 35.5. The van der Waals surface area contributed by atoms with Crippen LogP contribution in [0, 0.1) is 0 Å². The Kier molecular flexibility index (Phi) is 4.30. The van der Waals surface area contributed by atoms with Gasteiger partial charge in [-0.1, -0.05) is 11.6 Å². The van der Waals surface area contributed by atoms with Crippen LogP contribution >= 0.6 is 11.6 Å². The summed E-state index contributed by atoms with van der Waals surface area (Å²) in [6, 6.07) is 6.84. The lowest BCUT2D eigenvalue weighted by Gasteiger charge is -2.07. The van der Waals surface area contributed by atoms with Gasteiger partial charge in [0, 0.05) is 25.0 Å². The molecule has 0 aromatic carbocycles. The molecule has 2 aromatic rings. The second-order valence-corrected chi connectivity index (χ2v) is 4.09. The Morgan fingerprint density at radius 3 is 2.95 bits per heavy atom. The maximum absolute atomic E-state index is 11.9. The molecule has 0 bridgehead atoms. The number of hydrogen-bond acceptors (Lipinski definition) is 4. The normalized spacial score (nSPS) is 10.0. The molecule has 0 unspecified atom stereocenters. The zero-order valence-corrected chi connectivity index (χ0v) is 11.0. The third kappa shape index (κ3) is 3.42. The standard InChI is InChI=1S/C13H12ClN3O2/c1-19-11-7-9(4-6-15-11)8-17-13(18)10-3-2-5-16-12(10)14/h2-7H,8H2,1H3,(H,17,18). The Labute approximate surface area is 115 Å². The SMILES string of the molecule is COc1cc(CNC(=O)c2cccnc2Cl)ccn1. The molecule has 0 saturated heterocycles. The van der Waals surface area contributed by atoms with Crippen molar-refractivity contribution in [2.75, 3.05) is 7.11 Å². The van der Waals surface area contributed by atoms with Crippen LogP contribution in [0.3, 0.4) is 0 Å². The summed E-state index contributed by atoms with van der Waals surface area (Å²) < 4.78 is 5.01. The molecule has 6 heteroatoms. The summed E-state index contributed by atoms with van der Waals surface area (Å²) in [5.74, 6) is 0.236. The number of carbonyl (C=O) groups is 1. The first-order chi connectivity index (χ1) is 9.20. The number of aromatic nitrogens is 2. The van der Waals surface area contributed by atoms with Gasteiger partial charge in [0.05, 0.1) is 12.7 Å². The third-order valence-corrected chi connectivity index (χ3v) is 2.77. The minimum atomic E-state index is -0.270. The highest BCUT2D eigenvalue weighted by Crippen LogP contribution is 2.12. The summed E-state index contributed by atoms with van der Waals surface area (Å²) in [6.45, 7) is 0.364. The number of nitrogens with zero attached hydrogens (tertiary/aromatic N) is 2. The van der Waals surface area contributed by atoms with E-state index in [9.17, 15) is 4.79 Å². The molecule has 2 heterocycles. The Morgan fingerprint density at radius 2 is 2.21 bits per heavy atom. The Bertz CT molecular complexity index is 590. The van der Waals surface area contributed by atoms with Crippen molar-refractivity contribution in [1.29, 1.82) is 0 Å². The fourth-order valence-corrected chi connectivity index (χ4v) is 1.71. The van der Waals surface area contributed by atoms with Gasteiger partial charge in [0.25, 0.3) is 5.91 Å². The predicted molar refractivity (Wildman–Crippen MR) is 71.2 cm³/mol. The van der Waals surface area contributed by atoms with Crippen LogP contribution < -0.4 is 10.1 Å². The highest BCUT2D eigenvalue weighted by Gasteiger charge is 2.10. The van der Waals surface area contributed by atoms with E-state index in [4.69, 9.17) is 16.3 Å². The van der Waals surface area contributed by atoms with E-state index < -0.39 is 0 Å². The van der Waals surface area contributed by atoms with Gasteiger partial charge in [-0.15, -0.1) is 0 Å². The second kappa shape index (κ2) is 6.15. The van der Waals surface area contributed by atoms with Gasteiger partial charge in [0.2, 0.25) is 5.88 Å². The van der Waals surface area contributed by atoms with E-state index in [1.165, 1.54) is 6.20 Å². The molecule has 0 aliphatic heterocycles. The van der Waals surface area contributed by atoms with Crippen LogP contribution in [0.15, 0.2) is 36.7 Å². The summed E-state index contributed by atoms with van der Waals surface area (Å²) >= 11 is 5.85. The van der Waals surface area contributed by atoms with E-state index in [-0.39, 0.29) is 11.1 Å². The lowest BCUT2D eigenvalue weighted by Crippen LogP contribution is -2.23. The highest BCUT2D eigenvalue weighted by molar-refractivity contribution is 6.32. The van der Waals surface area contributed by atoms with Crippen LogP contribution in [0.25, 0.3) is 0 Å². The van der Waals surface area contributed by atoms with E-state index in [0.717, 1.165) is 5.56 Å². The van der Waals surface area contributed by atoms with E-state index in [1.54, 1.807) is 37.6 Å². The zero-order valence-electron chi connectivity index (χ0n) is 10.3. The van der Waals surface area contributed by atoms with Crippen LogP contribution in [0.5, 0.6) is 5.88 Å². The number of methoxy groups -OCH3 is 1. The Balaban J connectivity index is 2.02. The lowest BCUT2D eigenvalue weighted by molar-refractivity contribution is 0.0950. The Hall–Kier alpha value is -2.14. The number of ether oxygens (including phenoxy) is 1. The topological polar surface area (TPSA) is 64.1 Å². The molecular weight excluding hydrogens is 266 g/mol. The number of halogens is 1. The molecule has 0 aliphatic rings. The van der Waals surface area contributed by atoms with Gasteiger partial charge >= 0.3 is 0 Å². The number of amides is 1. The van der Waals surface area contributed by atoms with E-state index in [1.807, 2.05) is 0 Å². The van der Waals surface area contributed by atoms with Crippen molar-refractivity contribution in [1.82, 2.24) is 15.3 Å². The maximum Gasteiger partial charge on any atom is 0.254 e. The molecule has 0 fully saturated rings. The fourth-order valence-electron chi connectivity index (χ4n) is 1.51. The van der Waals surface area contributed by atoms with E-state index in [0.29, 0.717) is 18.0 Å². The summed E-state index contributed by atoms with van der Waals surface area (Å²) in [6.07, 6.45) is 3.16. The molecule has 2 aromatic heterocycles. The van der Waals surface area contributed by atoms with Crippen LogP contribution in [0.4, 0.5) is 0 Å². The number of rotatable bonds is 4. The van der Waals surface area contributed by atoms with Gasteiger partial charge < -0.3 is 10.1 Å². The molecule has 2 rings (SSSR count). The zero-order chi connectivity index (χ0) is 13.7. The molecule has 0 saturated carbocycles. The van der Waals surface area contributed by atoms with E-state index >= 15 is 0 Å². The van der Waals surface area contributed by atoms with Crippen molar-refractivity contribution in [3.8, 4) is 5.88 Å². The van der Waals surface area contributed by atoms with Crippen molar-refractivity contribution in [2.45, 2.75) is 6.54 Å². The molecule has 98 valence electrons. The summed E-state index contributed by atoms with van der Waals surface area (Å²) in [7, 11) is 1.54. The fraction of sp³-hybridized carbons (Fsp3) is 0.154. The minimum Gasteiger partial charge on any atom is -0.481 e. The molecular formula is C13H12ClN3O2. The molecule has 1 amide bonds. The first-order valence-electron chi connectivity index (χ1n) is 5.58. The van der Waals surface area contributed by atoms with Crippen molar-refractivity contribution in [2.24, 2.45) is 0 Å². The van der Waals surface area contributed by atoms with Crippen LogP contribution in [0.2, 0.25) is 5.15 Å². The van der Waals surface area contributed by atoms with Gasteiger partial charge in [-0.25, -0.2) is 9.97 Å². The van der Waals surface area contributed by atoms with Crippen molar-refractivity contribution in [3.05, 3.63) is 52.9 Å².